The molecule has 3 atom stereocenters. The van der Waals surface area contributed by atoms with Gasteiger partial charge in [-0.2, -0.15) is 0 Å². The van der Waals surface area contributed by atoms with Crippen LogP contribution in [0.25, 0.3) is 6.08 Å². The van der Waals surface area contributed by atoms with Crippen molar-refractivity contribution in [2.45, 2.75) is 24.9 Å². The first-order valence-corrected chi connectivity index (χ1v) is 13.3. The summed E-state index contributed by atoms with van der Waals surface area (Å²) in [6.45, 7) is 0. The number of phenols is 1. The Bertz CT molecular complexity index is 1690. The molecule has 0 fully saturated rings. The van der Waals surface area contributed by atoms with Crippen LogP contribution >= 0.6 is 22.9 Å². The Morgan fingerprint density at radius 2 is 1.95 bits per heavy atom. The summed E-state index contributed by atoms with van der Waals surface area (Å²) in [5, 5.41) is 10.3. The number of hydrogen-bond donors (Lipinski definition) is 1. The highest BCUT2D eigenvalue weighted by Gasteiger charge is 2.40. The molecular formula is C29H25ClN2O4S. The summed E-state index contributed by atoms with van der Waals surface area (Å²) in [4.78, 5) is 19.8. The normalized spacial score (nSPS) is 20.4. The number of aromatic hydroxyl groups is 1. The smallest absolute Gasteiger partial charge is 0.270 e. The first-order chi connectivity index (χ1) is 18.0. The fraction of sp³-hybridized carbons (Fsp3) is 0.241. The van der Waals surface area contributed by atoms with Gasteiger partial charge in [-0.15, -0.1) is 0 Å². The second-order valence-corrected chi connectivity index (χ2v) is 10.7. The molecule has 1 aliphatic carbocycles. The summed E-state index contributed by atoms with van der Waals surface area (Å²) in [5.41, 5.74) is 4.15. The van der Waals surface area contributed by atoms with E-state index >= 15 is 0 Å². The molecule has 3 aromatic carbocycles. The minimum Gasteiger partial charge on any atom is -0.503 e. The van der Waals surface area contributed by atoms with Gasteiger partial charge in [0, 0.05) is 5.92 Å². The van der Waals surface area contributed by atoms with Crippen LogP contribution < -0.4 is 24.4 Å². The summed E-state index contributed by atoms with van der Waals surface area (Å²) < 4.78 is 13.2. The van der Waals surface area contributed by atoms with E-state index in [0.29, 0.717) is 14.9 Å². The predicted molar refractivity (Wildman–Crippen MR) is 145 cm³/mol. The molecule has 2 aliphatic rings. The highest BCUT2D eigenvalue weighted by Crippen LogP contribution is 2.46. The molecule has 2 heterocycles. The van der Waals surface area contributed by atoms with Crippen molar-refractivity contribution >= 4 is 29.0 Å². The number of halogens is 1. The van der Waals surface area contributed by atoms with E-state index < -0.39 is 0 Å². The van der Waals surface area contributed by atoms with Crippen molar-refractivity contribution in [3.8, 4) is 17.2 Å². The lowest BCUT2D eigenvalue weighted by Crippen LogP contribution is -2.44. The van der Waals surface area contributed by atoms with Crippen molar-refractivity contribution < 1.29 is 14.6 Å². The number of thiazole rings is 1. The Kier molecular flexibility index (Phi) is 6.05. The number of hydrogen-bond acceptors (Lipinski definition) is 6. The molecule has 8 heteroatoms. The fourth-order valence-electron chi connectivity index (χ4n) is 5.60. The molecule has 1 N–H and O–H groups in total. The van der Waals surface area contributed by atoms with Gasteiger partial charge in [0.2, 0.25) is 0 Å². The quantitative estimate of drug-likeness (QED) is 0.415. The van der Waals surface area contributed by atoms with E-state index in [9.17, 15) is 9.90 Å². The fourth-order valence-corrected chi connectivity index (χ4v) is 6.85. The van der Waals surface area contributed by atoms with Crippen LogP contribution in [-0.2, 0) is 6.42 Å². The van der Waals surface area contributed by atoms with Crippen LogP contribution in [0.1, 0.15) is 40.8 Å². The second-order valence-electron chi connectivity index (χ2n) is 9.32. The van der Waals surface area contributed by atoms with Crippen LogP contribution in [0.3, 0.4) is 0 Å². The number of ether oxygens (including phenoxy) is 2. The number of rotatable bonds is 4. The van der Waals surface area contributed by atoms with Crippen LogP contribution in [0, 0.1) is 5.92 Å². The maximum atomic E-state index is 13.9. The molecule has 1 aromatic heterocycles. The van der Waals surface area contributed by atoms with Gasteiger partial charge in [0.25, 0.3) is 5.56 Å². The third-order valence-corrected chi connectivity index (χ3v) is 8.59. The molecule has 0 saturated carbocycles. The molecule has 0 amide bonds. The molecule has 1 aliphatic heterocycles. The number of phenolic OH excluding ortho intramolecular Hbond substituents is 1. The van der Waals surface area contributed by atoms with E-state index in [1.807, 2.05) is 22.8 Å². The average molecular weight is 533 g/mol. The lowest BCUT2D eigenvalue weighted by atomic mass is 9.74. The predicted octanol–water partition coefficient (Wildman–Crippen LogP) is 4.64. The molecule has 6 nitrogen and oxygen atoms in total. The SMILES string of the molecule is COc1cccc([C@@H]2[C@H]3CCc4ccccc4[C@H]3N=c3s/c(=C\c4cc(Cl)c(O)c(OC)c4)c(=O)n32)c1. The second kappa shape index (κ2) is 9.39. The van der Waals surface area contributed by atoms with Crippen LogP contribution in [-0.4, -0.2) is 23.9 Å². The highest BCUT2D eigenvalue weighted by molar-refractivity contribution is 7.07. The minimum atomic E-state index is -0.176. The summed E-state index contributed by atoms with van der Waals surface area (Å²) >= 11 is 7.58. The van der Waals surface area contributed by atoms with E-state index in [1.165, 1.54) is 29.6 Å². The van der Waals surface area contributed by atoms with Gasteiger partial charge in [-0.1, -0.05) is 59.3 Å². The Morgan fingerprint density at radius 3 is 2.76 bits per heavy atom. The lowest BCUT2D eigenvalue weighted by molar-refractivity contribution is 0.252. The van der Waals surface area contributed by atoms with Gasteiger partial charge in [0.15, 0.2) is 16.3 Å². The molecule has 0 radical (unpaired) electrons. The van der Waals surface area contributed by atoms with Gasteiger partial charge in [-0.3, -0.25) is 14.4 Å². The molecular weight excluding hydrogens is 508 g/mol. The average Bonchev–Trinajstić information content (AvgIpc) is 3.23. The number of methoxy groups -OCH3 is 2. The molecule has 0 bridgehead atoms. The van der Waals surface area contributed by atoms with Crippen molar-refractivity contribution in [3.05, 3.63) is 108 Å². The molecule has 188 valence electrons. The van der Waals surface area contributed by atoms with Gasteiger partial charge in [-0.05, 0) is 65.4 Å². The van der Waals surface area contributed by atoms with Crippen LogP contribution in [0.15, 0.2) is 70.5 Å². The maximum absolute atomic E-state index is 13.9. The molecule has 37 heavy (non-hydrogen) atoms. The molecule has 4 aromatic rings. The third-order valence-electron chi connectivity index (χ3n) is 7.30. The van der Waals surface area contributed by atoms with Gasteiger partial charge >= 0.3 is 0 Å². The lowest BCUT2D eigenvalue weighted by Gasteiger charge is -2.39. The Morgan fingerprint density at radius 1 is 1.11 bits per heavy atom. The first-order valence-electron chi connectivity index (χ1n) is 12.1. The van der Waals surface area contributed by atoms with Crippen LogP contribution in [0.5, 0.6) is 17.2 Å². The Hall–Kier alpha value is -3.55. The molecule has 0 unspecified atom stereocenters. The topological polar surface area (TPSA) is 73.1 Å². The standard InChI is InChI=1S/C29H25ClN2O4S/c1-35-19-8-5-7-18(15-19)26-21-11-10-17-6-3-4-9-20(17)25(21)31-29-32(26)28(34)24(37-29)14-16-12-22(30)27(33)23(13-16)36-2/h3-9,12-15,21,25-26,33H,10-11H2,1-2H3/b24-14-/t21-,25+,26+/m0/s1. The van der Waals surface area contributed by atoms with Gasteiger partial charge in [0.1, 0.15) is 5.75 Å². The van der Waals surface area contributed by atoms with Crippen molar-refractivity contribution in [3.63, 3.8) is 0 Å². The van der Waals surface area contributed by atoms with E-state index in [0.717, 1.165) is 24.2 Å². The number of benzene rings is 3. The van der Waals surface area contributed by atoms with E-state index in [2.05, 4.69) is 30.3 Å². The van der Waals surface area contributed by atoms with Gasteiger partial charge in [0.05, 0.1) is 35.9 Å². The maximum Gasteiger partial charge on any atom is 0.270 e. The summed E-state index contributed by atoms with van der Waals surface area (Å²) in [5.74, 6) is 1.02. The van der Waals surface area contributed by atoms with Crippen molar-refractivity contribution in [2.24, 2.45) is 10.9 Å². The monoisotopic (exact) mass is 532 g/mol. The molecule has 0 spiro atoms. The number of fused-ring (bicyclic) bond motifs is 4. The largest absolute Gasteiger partial charge is 0.503 e. The van der Waals surface area contributed by atoms with E-state index in [-0.39, 0.29) is 40.1 Å². The van der Waals surface area contributed by atoms with E-state index in [1.54, 1.807) is 25.3 Å². The summed E-state index contributed by atoms with van der Waals surface area (Å²) in [7, 11) is 3.12. The van der Waals surface area contributed by atoms with Crippen molar-refractivity contribution in [2.75, 3.05) is 14.2 Å². The summed E-state index contributed by atoms with van der Waals surface area (Å²) in [6, 6.07) is 19.5. The van der Waals surface area contributed by atoms with Crippen LogP contribution in [0.2, 0.25) is 5.02 Å². The zero-order valence-corrected chi connectivity index (χ0v) is 21.9. The highest BCUT2D eigenvalue weighted by atomic mass is 35.5. The van der Waals surface area contributed by atoms with Crippen molar-refractivity contribution in [1.82, 2.24) is 4.57 Å². The molecule has 6 rings (SSSR count). The zero-order chi connectivity index (χ0) is 25.7. The first kappa shape index (κ1) is 23.8. The molecule has 0 saturated heterocycles. The summed E-state index contributed by atoms with van der Waals surface area (Å²) in [6.07, 6.45) is 3.66. The third kappa shape index (κ3) is 4.03. The Balaban J connectivity index is 1.59. The van der Waals surface area contributed by atoms with Gasteiger partial charge in [-0.25, -0.2) is 0 Å². The number of aryl methyl sites for hydroxylation is 1. The Labute approximate surface area is 222 Å². The zero-order valence-electron chi connectivity index (χ0n) is 20.3. The van der Waals surface area contributed by atoms with Gasteiger partial charge < -0.3 is 14.6 Å². The number of nitrogens with zero attached hydrogens (tertiary/aromatic N) is 2. The van der Waals surface area contributed by atoms with Crippen LogP contribution in [0.4, 0.5) is 0 Å². The minimum absolute atomic E-state index is 0.0322. The van der Waals surface area contributed by atoms with E-state index in [4.69, 9.17) is 26.1 Å². The number of aromatic nitrogens is 1. The van der Waals surface area contributed by atoms with Crippen molar-refractivity contribution in [1.29, 1.82) is 0 Å².